The summed E-state index contributed by atoms with van der Waals surface area (Å²) in [6, 6.07) is 6.25. The van der Waals surface area contributed by atoms with Crippen LogP contribution in [0.25, 0.3) is 0 Å². The quantitative estimate of drug-likeness (QED) is 0.691. The maximum absolute atomic E-state index is 6.24. The highest BCUT2D eigenvalue weighted by Gasteiger charge is 2.12. The summed E-state index contributed by atoms with van der Waals surface area (Å²) in [5.74, 6) is 0. The highest BCUT2D eigenvalue weighted by atomic mass is 127. The second-order valence-electron chi connectivity index (χ2n) is 4.00. The zero-order valence-electron chi connectivity index (χ0n) is 8.68. The minimum atomic E-state index is 0.886. The van der Waals surface area contributed by atoms with E-state index < -0.39 is 0 Å². The lowest BCUT2D eigenvalue weighted by Gasteiger charge is -2.23. The number of benzene rings is 1. The van der Waals surface area contributed by atoms with Crippen LogP contribution in [0, 0.1) is 3.57 Å². The Morgan fingerprint density at radius 3 is 2.40 bits per heavy atom. The summed E-state index contributed by atoms with van der Waals surface area (Å²) in [7, 11) is 0. The molecule has 1 aliphatic rings. The SMILES string of the molecule is Clc1ccc(I)cc1N1CCCCCC1. The molecule has 0 aliphatic carbocycles. The summed E-state index contributed by atoms with van der Waals surface area (Å²) >= 11 is 8.58. The average molecular weight is 336 g/mol. The lowest BCUT2D eigenvalue weighted by Crippen LogP contribution is -2.24. The minimum Gasteiger partial charge on any atom is -0.370 e. The van der Waals surface area contributed by atoms with Crippen LogP contribution in [-0.4, -0.2) is 13.1 Å². The molecule has 1 aromatic carbocycles. The van der Waals surface area contributed by atoms with E-state index in [0.717, 1.165) is 18.1 Å². The Morgan fingerprint density at radius 1 is 1.07 bits per heavy atom. The summed E-state index contributed by atoms with van der Waals surface area (Å²) in [4.78, 5) is 2.43. The van der Waals surface area contributed by atoms with E-state index in [-0.39, 0.29) is 0 Å². The second kappa shape index (κ2) is 5.39. The maximum atomic E-state index is 6.24. The molecule has 0 unspecified atom stereocenters. The molecule has 0 spiro atoms. The maximum Gasteiger partial charge on any atom is 0.0640 e. The molecule has 1 aromatic rings. The van der Waals surface area contributed by atoms with E-state index in [0.29, 0.717) is 0 Å². The van der Waals surface area contributed by atoms with Gasteiger partial charge in [0.25, 0.3) is 0 Å². The first-order valence-electron chi connectivity index (χ1n) is 5.47. The van der Waals surface area contributed by atoms with Gasteiger partial charge in [0.2, 0.25) is 0 Å². The monoisotopic (exact) mass is 335 g/mol. The number of rotatable bonds is 1. The molecule has 0 bridgehead atoms. The number of hydrogen-bond donors (Lipinski definition) is 0. The van der Waals surface area contributed by atoms with Crippen molar-refractivity contribution in [3.8, 4) is 0 Å². The van der Waals surface area contributed by atoms with Crippen LogP contribution in [0.5, 0.6) is 0 Å². The molecule has 0 aromatic heterocycles. The molecule has 0 saturated carbocycles. The Hall–Kier alpha value is 0.0400. The third-order valence-electron chi connectivity index (χ3n) is 2.85. The number of hydrogen-bond acceptors (Lipinski definition) is 1. The van der Waals surface area contributed by atoms with Crippen LogP contribution in [0.4, 0.5) is 5.69 Å². The highest BCUT2D eigenvalue weighted by Crippen LogP contribution is 2.29. The molecule has 0 radical (unpaired) electrons. The second-order valence-corrected chi connectivity index (χ2v) is 5.65. The topological polar surface area (TPSA) is 3.24 Å². The Morgan fingerprint density at radius 2 is 1.73 bits per heavy atom. The number of nitrogens with zero attached hydrogens (tertiary/aromatic N) is 1. The molecule has 1 fully saturated rings. The summed E-state index contributed by atoms with van der Waals surface area (Å²) in [5.41, 5.74) is 1.21. The Balaban J connectivity index is 2.22. The van der Waals surface area contributed by atoms with Gasteiger partial charge in [-0.05, 0) is 53.6 Å². The zero-order chi connectivity index (χ0) is 10.7. The van der Waals surface area contributed by atoms with Crippen molar-refractivity contribution >= 4 is 39.9 Å². The standard InChI is InChI=1S/C12H15ClIN/c13-11-6-5-10(14)9-12(11)15-7-3-1-2-4-8-15/h5-6,9H,1-4,7-8H2. The third-order valence-corrected chi connectivity index (χ3v) is 3.85. The summed E-state index contributed by atoms with van der Waals surface area (Å²) < 4.78 is 1.26. The number of halogens is 2. The molecule has 0 amide bonds. The summed E-state index contributed by atoms with van der Waals surface area (Å²) in [6.07, 6.45) is 5.31. The predicted octanol–water partition coefficient (Wildman–Crippen LogP) is 4.33. The molecule has 3 heteroatoms. The van der Waals surface area contributed by atoms with Crippen LogP contribution in [-0.2, 0) is 0 Å². The van der Waals surface area contributed by atoms with Gasteiger partial charge in [-0.15, -0.1) is 0 Å². The first kappa shape index (κ1) is 11.5. The fourth-order valence-electron chi connectivity index (χ4n) is 2.04. The first-order valence-corrected chi connectivity index (χ1v) is 6.93. The molecule has 1 aliphatic heterocycles. The molecule has 15 heavy (non-hydrogen) atoms. The van der Waals surface area contributed by atoms with E-state index in [1.54, 1.807) is 0 Å². The first-order chi connectivity index (χ1) is 7.27. The Bertz CT molecular complexity index is 332. The largest absolute Gasteiger partial charge is 0.370 e. The van der Waals surface area contributed by atoms with Gasteiger partial charge in [0.05, 0.1) is 10.7 Å². The lowest BCUT2D eigenvalue weighted by molar-refractivity contribution is 0.726. The van der Waals surface area contributed by atoms with Crippen LogP contribution in [0.2, 0.25) is 5.02 Å². The summed E-state index contributed by atoms with van der Waals surface area (Å²) in [5, 5.41) is 0.886. The fraction of sp³-hybridized carbons (Fsp3) is 0.500. The normalized spacial score (nSPS) is 17.6. The van der Waals surface area contributed by atoms with Gasteiger partial charge in [-0.1, -0.05) is 24.4 Å². The molecule has 0 N–H and O–H groups in total. The molecular weight excluding hydrogens is 320 g/mol. The van der Waals surface area contributed by atoms with E-state index >= 15 is 0 Å². The molecule has 1 nitrogen and oxygen atoms in total. The van der Waals surface area contributed by atoms with Crippen LogP contribution < -0.4 is 4.90 Å². The predicted molar refractivity (Wildman–Crippen MR) is 74.9 cm³/mol. The molecule has 1 saturated heterocycles. The molecular formula is C12H15ClIN. The van der Waals surface area contributed by atoms with Crippen LogP contribution in [0.1, 0.15) is 25.7 Å². The van der Waals surface area contributed by atoms with Gasteiger partial charge >= 0.3 is 0 Å². The van der Waals surface area contributed by atoms with Gasteiger partial charge in [-0.3, -0.25) is 0 Å². The van der Waals surface area contributed by atoms with Crippen molar-refractivity contribution in [1.29, 1.82) is 0 Å². The van der Waals surface area contributed by atoms with E-state index in [1.165, 1.54) is 34.9 Å². The van der Waals surface area contributed by atoms with Gasteiger partial charge in [-0.2, -0.15) is 0 Å². The average Bonchev–Trinajstić information content (AvgIpc) is 2.50. The van der Waals surface area contributed by atoms with Crippen molar-refractivity contribution < 1.29 is 0 Å². The Kier molecular flexibility index (Phi) is 4.14. The lowest BCUT2D eigenvalue weighted by atomic mass is 10.2. The highest BCUT2D eigenvalue weighted by molar-refractivity contribution is 14.1. The molecule has 82 valence electrons. The van der Waals surface area contributed by atoms with E-state index in [4.69, 9.17) is 11.6 Å². The van der Waals surface area contributed by atoms with Gasteiger partial charge in [0, 0.05) is 16.7 Å². The third kappa shape index (κ3) is 3.00. The molecule has 1 heterocycles. The van der Waals surface area contributed by atoms with E-state index in [1.807, 2.05) is 6.07 Å². The van der Waals surface area contributed by atoms with Gasteiger partial charge < -0.3 is 4.90 Å². The zero-order valence-corrected chi connectivity index (χ0v) is 11.6. The van der Waals surface area contributed by atoms with E-state index in [2.05, 4.69) is 39.6 Å². The molecule has 2 rings (SSSR count). The smallest absolute Gasteiger partial charge is 0.0640 e. The minimum absolute atomic E-state index is 0.886. The van der Waals surface area contributed by atoms with Gasteiger partial charge in [-0.25, -0.2) is 0 Å². The van der Waals surface area contributed by atoms with Crippen molar-refractivity contribution in [2.24, 2.45) is 0 Å². The Labute approximate surface area is 110 Å². The van der Waals surface area contributed by atoms with Gasteiger partial charge in [0.15, 0.2) is 0 Å². The summed E-state index contributed by atoms with van der Waals surface area (Å²) in [6.45, 7) is 2.31. The van der Waals surface area contributed by atoms with Crippen molar-refractivity contribution in [2.45, 2.75) is 25.7 Å². The fourth-order valence-corrected chi connectivity index (χ4v) is 2.75. The van der Waals surface area contributed by atoms with E-state index in [9.17, 15) is 0 Å². The van der Waals surface area contributed by atoms with Gasteiger partial charge in [0.1, 0.15) is 0 Å². The van der Waals surface area contributed by atoms with Crippen molar-refractivity contribution in [1.82, 2.24) is 0 Å². The van der Waals surface area contributed by atoms with Crippen molar-refractivity contribution in [2.75, 3.05) is 18.0 Å². The van der Waals surface area contributed by atoms with Crippen molar-refractivity contribution in [3.05, 3.63) is 26.8 Å². The molecule has 0 atom stereocenters. The van der Waals surface area contributed by atoms with Crippen LogP contribution in [0.3, 0.4) is 0 Å². The number of anilines is 1. The van der Waals surface area contributed by atoms with Crippen molar-refractivity contribution in [3.63, 3.8) is 0 Å². The van der Waals surface area contributed by atoms with Crippen LogP contribution in [0.15, 0.2) is 18.2 Å². The van der Waals surface area contributed by atoms with Crippen LogP contribution >= 0.6 is 34.2 Å².